The van der Waals surface area contributed by atoms with Crippen molar-refractivity contribution in [3.8, 4) is 11.1 Å². The molecule has 2 amide bonds. The maximum Gasteiger partial charge on any atom is 0.407 e. The van der Waals surface area contributed by atoms with Gasteiger partial charge in [0.2, 0.25) is 0 Å². The highest BCUT2D eigenvalue weighted by atomic mass is 16.7. The van der Waals surface area contributed by atoms with E-state index in [0.717, 1.165) is 47.9 Å². The average Bonchev–Trinajstić information content (AvgIpc) is 3.00. The first-order valence-corrected chi connectivity index (χ1v) is 12.2. The summed E-state index contributed by atoms with van der Waals surface area (Å²) in [6.45, 7) is 1.63. The lowest BCUT2D eigenvalue weighted by Crippen LogP contribution is -2.49. The minimum Gasteiger partial charge on any atom is -0.479 e. The van der Waals surface area contributed by atoms with Crippen LogP contribution in [0.1, 0.15) is 62.5 Å². The van der Waals surface area contributed by atoms with Crippen LogP contribution in [0.2, 0.25) is 0 Å². The van der Waals surface area contributed by atoms with Gasteiger partial charge in [-0.2, -0.15) is 0 Å². The normalized spacial score (nSPS) is 17.4. The Labute approximate surface area is 205 Å². The van der Waals surface area contributed by atoms with Crippen LogP contribution < -0.4 is 10.8 Å². The van der Waals surface area contributed by atoms with E-state index in [-0.39, 0.29) is 19.1 Å². The van der Waals surface area contributed by atoms with Gasteiger partial charge in [-0.05, 0) is 42.0 Å². The molecule has 8 heteroatoms. The minimum absolute atomic E-state index is 0.0470. The first-order valence-electron chi connectivity index (χ1n) is 12.2. The van der Waals surface area contributed by atoms with Crippen molar-refractivity contribution in [2.45, 2.75) is 57.5 Å². The molecule has 0 heterocycles. The molecule has 0 saturated heterocycles. The second-order valence-electron chi connectivity index (χ2n) is 9.40. The lowest BCUT2D eigenvalue weighted by molar-refractivity contribution is -0.163. The second-order valence-corrected chi connectivity index (χ2v) is 9.40. The molecule has 35 heavy (non-hydrogen) atoms. The van der Waals surface area contributed by atoms with Crippen molar-refractivity contribution in [1.82, 2.24) is 10.8 Å². The van der Waals surface area contributed by atoms with Crippen molar-refractivity contribution in [1.29, 1.82) is 0 Å². The molecule has 0 aromatic heterocycles. The van der Waals surface area contributed by atoms with Gasteiger partial charge in [0.1, 0.15) is 6.61 Å². The summed E-state index contributed by atoms with van der Waals surface area (Å²) >= 11 is 0. The van der Waals surface area contributed by atoms with Crippen molar-refractivity contribution in [3.05, 3.63) is 59.7 Å². The number of carboxylic acid groups (broad SMARTS) is 1. The van der Waals surface area contributed by atoms with Gasteiger partial charge < -0.3 is 15.2 Å². The maximum absolute atomic E-state index is 13.0. The number of alkyl carbamates (subject to hydrolysis) is 1. The van der Waals surface area contributed by atoms with Gasteiger partial charge in [-0.1, -0.05) is 74.2 Å². The van der Waals surface area contributed by atoms with Crippen molar-refractivity contribution in [3.63, 3.8) is 0 Å². The van der Waals surface area contributed by atoms with E-state index in [1.807, 2.05) is 24.3 Å². The molecule has 0 bridgehead atoms. The third-order valence-corrected chi connectivity index (χ3v) is 7.13. The Balaban J connectivity index is 1.38. The van der Waals surface area contributed by atoms with Gasteiger partial charge in [0.15, 0.2) is 6.10 Å². The number of hydrogen-bond donors (Lipinski definition) is 3. The van der Waals surface area contributed by atoms with Crippen LogP contribution in [0.5, 0.6) is 0 Å². The number of amides is 2. The summed E-state index contributed by atoms with van der Waals surface area (Å²) < 4.78 is 5.63. The number of rotatable bonds is 8. The van der Waals surface area contributed by atoms with E-state index in [1.54, 1.807) is 0 Å². The quantitative estimate of drug-likeness (QED) is 0.382. The molecule has 3 N–H and O–H groups in total. The molecule has 1 unspecified atom stereocenters. The molecule has 2 aromatic rings. The number of fused-ring (bicyclic) bond motifs is 3. The lowest BCUT2D eigenvalue weighted by atomic mass is 9.79. The molecule has 4 rings (SSSR count). The molecule has 0 spiro atoms. The summed E-state index contributed by atoms with van der Waals surface area (Å²) in [4.78, 5) is 41.8. The predicted octanol–water partition coefficient (Wildman–Crippen LogP) is 4.39. The fraction of sp³-hybridized carbons (Fsp3) is 0.444. The summed E-state index contributed by atoms with van der Waals surface area (Å²) in [5.41, 5.74) is 6.01. The summed E-state index contributed by atoms with van der Waals surface area (Å²) in [5, 5.41) is 11.8. The van der Waals surface area contributed by atoms with E-state index in [2.05, 4.69) is 35.1 Å². The first kappa shape index (κ1) is 24.7. The van der Waals surface area contributed by atoms with Gasteiger partial charge in [-0.3, -0.25) is 9.63 Å². The molecule has 0 aliphatic heterocycles. The molecule has 2 aliphatic carbocycles. The third-order valence-electron chi connectivity index (χ3n) is 7.13. The van der Waals surface area contributed by atoms with E-state index < -0.39 is 29.5 Å². The Bertz CT molecular complexity index is 1030. The highest BCUT2D eigenvalue weighted by Crippen LogP contribution is 2.44. The van der Waals surface area contributed by atoms with E-state index in [1.165, 1.54) is 6.92 Å². The number of aliphatic carboxylic acids is 1. The molecule has 2 aromatic carbocycles. The molecule has 0 radical (unpaired) electrons. The Morgan fingerprint density at radius 2 is 1.54 bits per heavy atom. The summed E-state index contributed by atoms with van der Waals surface area (Å²) in [7, 11) is 0. The zero-order valence-electron chi connectivity index (χ0n) is 19.9. The van der Waals surface area contributed by atoms with Gasteiger partial charge in [-0.25, -0.2) is 15.1 Å². The second kappa shape index (κ2) is 10.9. The first-order chi connectivity index (χ1) is 16.9. The molecule has 8 nitrogen and oxygen atoms in total. The minimum atomic E-state index is -1.17. The smallest absolute Gasteiger partial charge is 0.407 e. The van der Waals surface area contributed by atoms with E-state index in [0.29, 0.717) is 12.8 Å². The van der Waals surface area contributed by atoms with Crippen molar-refractivity contribution < 1.29 is 29.1 Å². The molecule has 1 saturated carbocycles. The number of benzene rings is 2. The zero-order chi connectivity index (χ0) is 24.8. The summed E-state index contributed by atoms with van der Waals surface area (Å²) in [6.07, 6.45) is 3.10. The zero-order valence-corrected chi connectivity index (χ0v) is 19.9. The highest BCUT2D eigenvalue weighted by molar-refractivity contribution is 5.83. The van der Waals surface area contributed by atoms with Crippen LogP contribution in [0.15, 0.2) is 48.5 Å². The number of hydrogen-bond acceptors (Lipinski definition) is 5. The van der Waals surface area contributed by atoms with Crippen molar-refractivity contribution in [2.24, 2.45) is 5.41 Å². The van der Waals surface area contributed by atoms with Crippen LogP contribution >= 0.6 is 0 Å². The number of nitrogens with one attached hydrogen (secondary N) is 2. The molecule has 1 fully saturated rings. The van der Waals surface area contributed by atoms with Gasteiger partial charge >= 0.3 is 12.1 Å². The van der Waals surface area contributed by atoms with Crippen LogP contribution in [-0.4, -0.2) is 42.3 Å². The van der Waals surface area contributed by atoms with Crippen LogP contribution in [0.4, 0.5) is 4.79 Å². The van der Waals surface area contributed by atoms with Crippen LogP contribution in [0.25, 0.3) is 11.1 Å². The van der Waals surface area contributed by atoms with Crippen LogP contribution in [0.3, 0.4) is 0 Å². The number of carbonyl (C=O) groups is 3. The standard InChI is InChI=1S/C27H32N2O6/c1-18(24(30)31)35-29-25(32)27(14-8-2-3-9-15-27)17-28-26(33)34-16-23-21-12-6-4-10-19(21)20-11-5-7-13-22(20)23/h4-7,10-13,18,23H,2-3,8-9,14-17H2,1H3,(H,28,33)(H,29,32)(H,30,31). The number of hydroxylamine groups is 1. The van der Waals surface area contributed by atoms with Crippen LogP contribution in [-0.2, 0) is 19.2 Å². The number of carboxylic acids is 1. The number of ether oxygens (including phenoxy) is 1. The van der Waals surface area contributed by atoms with E-state index in [4.69, 9.17) is 14.7 Å². The Hall–Kier alpha value is -3.39. The largest absolute Gasteiger partial charge is 0.479 e. The van der Waals surface area contributed by atoms with Crippen LogP contribution in [0, 0.1) is 5.41 Å². The summed E-state index contributed by atoms with van der Waals surface area (Å²) in [6, 6.07) is 16.3. The third kappa shape index (κ3) is 5.48. The van der Waals surface area contributed by atoms with Gasteiger partial charge in [0.05, 0.1) is 5.41 Å². The van der Waals surface area contributed by atoms with Crippen molar-refractivity contribution >= 4 is 18.0 Å². The number of carbonyl (C=O) groups excluding carboxylic acids is 2. The van der Waals surface area contributed by atoms with Gasteiger partial charge in [0, 0.05) is 12.5 Å². The molecule has 2 aliphatic rings. The molecular weight excluding hydrogens is 448 g/mol. The molecular formula is C27H32N2O6. The fourth-order valence-electron chi connectivity index (χ4n) is 5.08. The van der Waals surface area contributed by atoms with E-state index in [9.17, 15) is 14.4 Å². The highest BCUT2D eigenvalue weighted by Gasteiger charge is 2.40. The Kier molecular flexibility index (Phi) is 7.70. The predicted molar refractivity (Wildman–Crippen MR) is 130 cm³/mol. The maximum atomic E-state index is 13.0. The Morgan fingerprint density at radius 1 is 0.971 bits per heavy atom. The molecule has 1 atom stereocenters. The lowest BCUT2D eigenvalue weighted by Gasteiger charge is -2.31. The van der Waals surface area contributed by atoms with Gasteiger partial charge in [-0.15, -0.1) is 0 Å². The molecule has 186 valence electrons. The average molecular weight is 481 g/mol. The topological polar surface area (TPSA) is 114 Å². The fourth-order valence-corrected chi connectivity index (χ4v) is 5.08. The Morgan fingerprint density at radius 3 is 2.11 bits per heavy atom. The van der Waals surface area contributed by atoms with Crippen molar-refractivity contribution in [2.75, 3.05) is 13.2 Å². The van der Waals surface area contributed by atoms with E-state index >= 15 is 0 Å². The summed E-state index contributed by atoms with van der Waals surface area (Å²) in [5.74, 6) is -1.63. The monoisotopic (exact) mass is 480 g/mol. The van der Waals surface area contributed by atoms with Gasteiger partial charge in [0.25, 0.3) is 5.91 Å². The SMILES string of the molecule is CC(ONC(=O)C1(CNC(=O)OCC2c3ccccc3-c3ccccc32)CCCCCC1)C(=O)O.